The number of fused-ring (bicyclic) bond motifs is 2. The minimum atomic E-state index is -1.09. The van der Waals surface area contributed by atoms with Gasteiger partial charge in [-0.3, -0.25) is 15.2 Å². The fourth-order valence-electron chi connectivity index (χ4n) is 4.41. The molecule has 1 aromatic carbocycles. The SMILES string of the molecule is Cc1c(-c2cc3cc(N)ncc3c(NC(=O)OC(C)(C)C)c2F)cnc2c1N(C(=O)O)CC(C)C2. The predicted molar refractivity (Wildman–Crippen MR) is 132 cm³/mol. The third-order valence-electron chi connectivity index (χ3n) is 5.82. The minimum absolute atomic E-state index is 0.105. The lowest BCUT2D eigenvalue weighted by atomic mass is 9.91. The van der Waals surface area contributed by atoms with Crippen LogP contribution in [0.4, 0.5) is 31.2 Å². The topological polar surface area (TPSA) is 131 Å². The van der Waals surface area contributed by atoms with Crippen molar-refractivity contribution in [1.82, 2.24) is 9.97 Å². The first kappa shape index (κ1) is 24.2. The number of hydrogen-bond acceptors (Lipinski definition) is 6. The smallest absolute Gasteiger partial charge is 0.412 e. The highest BCUT2D eigenvalue weighted by Gasteiger charge is 2.31. The number of anilines is 3. The number of rotatable bonds is 2. The second-order valence-corrected chi connectivity index (χ2v) is 9.86. The van der Waals surface area contributed by atoms with Gasteiger partial charge in [0, 0.05) is 35.5 Å². The quantitative estimate of drug-likeness (QED) is 0.450. The Bertz CT molecular complexity index is 1350. The summed E-state index contributed by atoms with van der Waals surface area (Å²) < 4.78 is 21.3. The van der Waals surface area contributed by atoms with Crippen LogP contribution in [0.3, 0.4) is 0 Å². The van der Waals surface area contributed by atoms with Gasteiger partial charge in [0.15, 0.2) is 5.82 Å². The van der Waals surface area contributed by atoms with Crippen molar-refractivity contribution >= 4 is 40.2 Å². The molecule has 1 aliphatic rings. The number of hydrogen-bond donors (Lipinski definition) is 3. The van der Waals surface area contributed by atoms with E-state index in [0.29, 0.717) is 46.2 Å². The molecule has 0 saturated heterocycles. The van der Waals surface area contributed by atoms with Crippen LogP contribution in [-0.2, 0) is 11.2 Å². The third kappa shape index (κ3) is 4.68. The molecular formula is C25H28FN5O4. The summed E-state index contributed by atoms with van der Waals surface area (Å²) in [6.07, 6.45) is 1.63. The molecule has 0 spiro atoms. The van der Waals surface area contributed by atoms with Crippen LogP contribution >= 0.6 is 0 Å². The average molecular weight is 482 g/mol. The Morgan fingerprint density at radius 3 is 2.60 bits per heavy atom. The van der Waals surface area contributed by atoms with Crippen molar-refractivity contribution in [3.63, 3.8) is 0 Å². The zero-order valence-electron chi connectivity index (χ0n) is 20.3. The van der Waals surface area contributed by atoms with Crippen LogP contribution in [0.1, 0.15) is 39.0 Å². The Morgan fingerprint density at radius 2 is 1.94 bits per heavy atom. The molecule has 3 aromatic rings. The number of nitrogens with zero attached hydrogens (tertiary/aromatic N) is 3. The number of carboxylic acid groups (broad SMARTS) is 1. The van der Waals surface area contributed by atoms with E-state index in [-0.39, 0.29) is 23.0 Å². The lowest BCUT2D eigenvalue weighted by Crippen LogP contribution is -2.39. The lowest BCUT2D eigenvalue weighted by molar-refractivity contribution is 0.0635. The number of ether oxygens (including phenoxy) is 1. The normalized spacial score (nSPS) is 15.6. The van der Waals surface area contributed by atoms with Crippen molar-refractivity contribution in [2.45, 2.75) is 46.6 Å². The molecule has 4 rings (SSSR count). The maximum atomic E-state index is 16.0. The molecule has 0 saturated carbocycles. The standard InChI is InChI=1S/C25H28FN5O4/c1-12-6-18-22(31(11-12)24(33)34)13(2)16(9-28-18)15-7-14-8-19(27)29-10-17(14)21(20(15)26)30-23(32)35-25(3,4)5/h7-10,12H,6,11H2,1-5H3,(H2,27,29)(H,30,32)(H,33,34). The molecular weight excluding hydrogens is 453 g/mol. The largest absolute Gasteiger partial charge is 0.465 e. The van der Waals surface area contributed by atoms with Crippen molar-refractivity contribution in [3.8, 4) is 11.1 Å². The molecule has 0 fully saturated rings. The third-order valence-corrected chi connectivity index (χ3v) is 5.82. The van der Waals surface area contributed by atoms with Gasteiger partial charge in [-0.05, 0) is 63.1 Å². The van der Waals surface area contributed by atoms with Crippen LogP contribution in [0.25, 0.3) is 21.9 Å². The first-order valence-electron chi connectivity index (χ1n) is 11.2. The summed E-state index contributed by atoms with van der Waals surface area (Å²) >= 11 is 0. The number of amides is 2. The second kappa shape index (κ2) is 8.68. The number of halogens is 1. The van der Waals surface area contributed by atoms with Crippen LogP contribution in [0.15, 0.2) is 24.5 Å². The maximum absolute atomic E-state index is 16.0. The van der Waals surface area contributed by atoms with E-state index in [4.69, 9.17) is 10.5 Å². The summed E-state index contributed by atoms with van der Waals surface area (Å²) in [6, 6.07) is 3.17. The lowest BCUT2D eigenvalue weighted by Gasteiger charge is -2.32. The van der Waals surface area contributed by atoms with Gasteiger partial charge in [-0.2, -0.15) is 0 Å². The molecule has 2 aromatic heterocycles. The summed E-state index contributed by atoms with van der Waals surface area (Å²) in [5.74, 6) is -0.385. The van der Waals surface area contributed by atoms with E-state index in [1.165, 1.54) is 17.3 Å². The zero-order valence-corrected chi connectivity index (χ0v) is 20.3. The first-order valence-corrected chi connectivity index (χ1v) is 11.2. The fourth-order valence-corrected chi connectivity index (χ4v) is 4.41. The number of carbonyl (C=O) groups is 2. The molecule has 0 bridgehead atoms. The fraction of sp³-hybridized carbons (Fsp3) is 0.360. The highest BCUT2D eigenvalue weighted by atomic mass is 19.1. The van der Waals surface area contributed by atoms with Crippen LogP contribution in [0, 0.1) is 18.7 Å². The Labute approximate surface area is 202 Å². The van der Waals surface area contributed by atoms with E-state index < -0.39 is 23.6 Å². The summed E-state index contributed by atoms with van der Waals surface area (Å²) in [5.41, 5.74) is 7.21. The number of benzene rings is 1. The van der Waals surface area contributed by atoms with E-state index in [1.807, 2.05) is 6.92 Å². The van der Waals surface area contributed by atoms with Gasteiger partial charge in [-0.25, -0.2) is 19.0 Å². The number of nitrogens with two attached hydrogens (primary N) is 1. The van der Waals surface area contributed by atoms with Crippen molar-refractivity contribution in [1.29, 1.82) is 0 Å². The summed E-state index contributed by atoms with van der Waals surface area (Å²) in [7, 11) is 0. The number of nitrogens with one attached hydrogen (secondary N) is 1. The Morgan fingerprint density at radius 1 is 1.23 bits per heavy atom. The monoisotopic (exact) mass is 481 g/mol. The molecule has 1 aliphatic heterocycles. The van der Waals surface area contributed by atoms with Crippen molar-refractivity contribution in [2.24, 2.45) is 5.92 Å². The zero-order chi connectivity index (χ0) is 25.7. The molecule has 1 unspecified atom stereocenters. The minimum Gasteiger partial charge on any atom is -0.465 e. The molecule has 2 amide bonds. The summed E-state index contributed by atoms with van der Waals surface area (Å²) in [4.78, 5) is 34.3. The predicted octanol–water partition coefficient (Wildman–Crippen LogP) is 5.35. The number of pyridine rings is 2. The Hall–Kier alpha value is -3.95. The van der Waals surface area contributed by atoms with Crippen LogP contribution in [-0.4, -0.2) is 39.4 Å². The number of carbonyl (C=O) groups excluding carboxylic acids is 1. The van der Waals surface area contributed by atoms with Crippen LogP contribution in [0.2, 0.25) is 0 Å². The molecule has 4 N–H and O–H groups in total. The molecule has 0 radical (unpaired) electrons. The van der Waals surface area contributed by atoms with E-state index >= 15 is 4.39 Å². The summed E-state index contributed by atoms with van der Waals surface area (Å²) in [5, 5.41) is 13.2. The molecule has 3 heterocycles. The average Bonchev–Trinajstić information content (AvgIpc) is 2.74. The van der Waals surface area contributed by atoms with Gasteiger partial charge < -0.3 is 15.6 Å². The van der Waals surface area contributed by atoms with E-state index in [2.05, 4.69) is 15.3 Å². The van der Waals surface area contributed by atoms with Crippen LogP contribution < -0.4 is 16.0 Å². The maximum Gasteiger partial charge on any atom is 0.412 e. The van der Waals surface area contributed by atoms with Gasteiger partial charge in [0.1, 0.15) is 11.4 Å². The highest BCUT2D eigenvalue weighted by Crippen LogP contribution is 2.41. The Balaban J connectivity index is 1.92. The number of aromatic nitrogens is 2. The molecule has 9 nitrogen and oxygen atoms in total. The molecule has 35 heavy (non-hydrogen) atoms. The van der Waals surface area contributed by atoms with Gasteiger partial charge in [0.2, 0.25) is 0 Å². The molecule has 184 valence electrons. The highest BCUT2D eigenvalue weighted by molar-refractivity contribution is 6.04. The number of nitrogen functional groups attached to an aromatic ring is 1. The Kier molecular flexibility index (Phi) is 6.00. The second-order valence-electron chi connectivity index (χ2n) is 9.86. The van der Waals surface area contributed by atoms with Crippen molar-refractivity contribution in [3.05, 3.63) is 41.6 Å². The van der Waals surface area contributed by atoms with E-state index in [9.17, 15) is 14.7 Å². The summed E-state index contributed by atoms with van der Waals surface area (Å²) in [6.45, 7) is 9.14. The molecule has 10 heteroatoms. The van der Waals surface area contributed by atoms with E-state index in [0.717, 1.165) is 0 Å². The first-order chi connectivity index (χ1) is 16.4. The van der Waals surface area contributed by atoms with Gasteiger partial charge in [-0.1, -0.05) is 6.92 Å². The van der Waals surface area contributed by atoms with E-state index in [1.54, 1.807) is 39.8 Å². The van der Waals surface area contributed by atoms with Crippen molar-refractivity contribution in [2.75, 3.05) is 22.5 Å². The van der Waals surface area contributed by atoms with Gasteiger partial charge in [-0.15, -0.1) is 0 Å². The van der Waals surface area contributed by atoms with Gasteiger partial charge in [0.05, 0.1) is 17.1 Å². The van der Waals surface area contributed by atoms with Gasteiger partial charge >= 0.3 is 12.2 Å². The van der Waals surface area contributed by atoms with Crippen molar-refractivity contribution < 1.29 is 23.8 Å². The van der Waals surface area contributed by atoms with Gasteiger partial charge in [0.25, 0.3) is 0 Å². The van der Waals surface area contributed by atoms with Crippen LogP contribution in [0.5, 0.6) is 0 Å². The molecule has 1 atom stereocenters. The molecule has 0 aliphatic carbocycles.